The lowest BCUT2D eigenvalue weighted by Gasteiger charge is -2.14. The van der Waals surface area contributed by atoms with Gasteiger partial charge in [0.05, 0.1) is 22.7 Å². The highest BCUT2D eigenvalue weighted by atomic mass is 79.9. The van der Waals surface area contributed by atoms with E-state index in [2.05, 4.69) is 20.9 Å². The molecule has 0 spiro atoms. The van der Waals surface area contributed by atoms with Crippen LogP contribution in [0.1, 0.15) is 16.7 Å². The van der Waals surface area contributed by atoms with Crippen molar-refractivity contribution in [1.82, 2.24) is 0 Å². The van der Waals surface area contributed by atoms with Gasteiger partial charge in [-0.05, 0) is 42.0 Å². The molecule has 0 amide bonds. The van der Waals surface area contributed by atoms with Crippen LogP contribution in [0.25, 0.3) is 6.08 Å². The standard InChI is InChI=1S/C24H14BrCl2F2NO4/c1-32-21-8-12(6-17(27)22(21)33-11-13-4-2-3-5-15(13)25)7-20-24(31)34-23(30-20)14-9-18(28)19(29)10-16(14)26/h2-10H,11H2,1H3. The highest BCUT2D eigenvalue weighted by Gasteiger charge is 2.27. The molecule has 0 saturated heterocycles. The second-order valence-corrected chi connectivity index (χ2v) is 8.67. The summed E-state index contributed by atoms with van der Waals surface area (Å²) in [5, 5.41) is 0.0976. The minimum Gasteiger partial charge on any atom is -0.493 e. The maximum atomic E-state index is 13.6. The zero-order chi connectivity index (χ0) is 24.4. The lowest BCUT2D eigenvalue weighted by Crippen LogP contribution is -2.07. The first-order valence-electron chi connectivity index (χ1n) is 9.68. The molecule has 4 rings (SSSR count). The summed E-state index contributed by atoms with van der Waals surface area (Å²) in [5.74, 6) is -2.64. The van der Waals surface area contributed by atoms with Gasteiger partial charge in [0.1, 0.15) is 6.61 Å². The number of carbonyl (C=O) groups excluding carboxylic acids is 1. The van der Waals surface area contributed by atoms with Gasteiger partial charge in [-0.3, -0.25) is 0 Å². The van der Waals surface area contributed by atoms with E-state index in [1.807, 2.05) is 24.3 Å². The van der Waals surface area contributed by atoms with Crippen molar-refractivity contribution < 1.29 is 27.8 Å². The Hall–Kier alpha value is -2.94. The molecule has 3 aromatic rings. The molecule has 1 aliphatic rings. The van der Waals surface area contributed by atoms with E-state index in [1.165, 1.54) is 13.2 Å². The highest BCUT2D eigenvalue weighted by molar-refractivity contribution is 9.10. The number of cyclic esters (lactones) is 1. The largest absolute Gasteiger partial charge is 0.493 e. The van der Waals surface area contributed by atoms with Crippen molar-refractivity contribution in [3.8, 4) is 11.5 Å². The molecular formula is C24H14BrCl2F2NO4. The Labute approximate surface area is 211 Å². The summed E-state index contributed by atoms with van der Waals surface area (Å²) >= 11 is 15.8. The fraction of sp³-hybridized carbons (Fsp3) is 0.0833. The molecule has 10 heteroatoms. The van der Waals surface area contributed by atoms with Crippen molar-refractivity contribution >= 4 is 57.1 Å². The quantitative estimate of drug-likeness (QED) is 0.183. The van der Waals surface area contributed by atoms with Crippen LogP contribution in [0.4, 0.5) is 8.78 Å². The van der Waals surface area contributed by atoms with E-state index in [9.17, 15) is 13.6 Å². The first-order valence-corrected chi connectivity index (χ1v) is 11.2. The fourth-order valence-electron chi connectivity index (χ4n) is 3.10. The Bertz CT molecular complexity index is 1360. The van der Waals surface area contributed by atoms with Crippen molar-refractivity contribution in [3.63, 3.8) is 0 Å². The van der Waals surface area contributed by atoms with Crippen molar-refractivity contribution in [2.45, 2.75) is 6.61 Å². The van der Waals surface area contributed by atoms with E-state index in [1.54, 1.807) is 12.1 Å². The smallest absolute Gasteiger partial charge is 0.363 e. The number of methoxy groups -OCH3 is 1. The van der Waals surface area contributed by atoms with E-state index < -0.39 is 17.6 Å². The number of rotatable bonds is 6. The van der Waals surface area contributed by atoms with Crippen LogP contribution in [-0.2, 0) is 16.1 Å². The summed E-state index contributed by atoms with van der Waals surface area (Å²) in [6.07, 6.45) is 1.41. The second kappa shape index (κ2) is 10.1. The normalized spacial score (nSPS) is 14.2. The van der Waals surface area contributed by atoms with Crippen molar-refractivity contribution in [2.24, 2.45) is 4.99 Å². The van der Waals surface area contributed by atoms with Crippen LogP contribution in [0.3, 0.4) is 0 Å². The zero-order valence-electron chi connectivity index (χ0n) is 17.4. The van der Waals surface area contributed by atoms with Crippen LogP contribution in [0.15, 0.2) is 63.7 Å². The maximum absolute atomic E-state index is 13.6. The number of ether oxygens (including phenoxy) is 3. The maximum Gasteiger partial charge on any atom is 0.363 e. The topological polar surface area (TPSA) is 57.1 Å². The number of nitrogens with zero attached hydrogens (tertiary/aromatic N) is 1. The molecule has 0 N–H and O–H groups in total. The average Bonchev–Trinajstić information content (AvgIpc) is 3.16. The third kappa shape index (κ3) is 5.09. The van der Waals surface area contributed by atoms with E-state index in [0.717, 1.165) is 22.2 Å². The van der Waals surface area contributed by atoms with Gasteiger partial charge in [-0.15, -0.1) is 0 Å². The van der Waals surface area contributed by atoms with Gasteiger partial charge in [0.2, 0.25) is 5.90 Å². The molecule has 1 heterocycles. The SMILES string of the molecule is COc1cc(C=C2N=C(c3cc(F)c(F)cc3Cl)OC2=O)cc(Cl)c1OCc1ccccc1Br. The minimum absolute atomic E-state index is 0.0521. The Morgan fingerprint density at radius 3 is 2.56 bits per heavy atom. The third-order valence-electron chi connectivity index (χ3n) is 4.75. The molecule has 0 saturated carbocycles. The highest BCUT2D eigenvalue weighted by Crippen LogP contribution is 2.38. The van der Waals surface area contributed by atoms with Crippen LogP contribution < -0.4 is 9.47 Å². The van der Waals surface area contributed by atoms with Gasteiger partial charge in [-0.2, -0.15) is 0 Å². The van der Waals surface area contributed by atoms with E-state index in [-0.39, 0.29) is 33.8 Å². The lowest BCUT2D eigenvalue weighted by atomic mass is 10.1. The van der Waals surface area contributed by atoms with Crippen molar-refractivity contribution in [2.75, 3.05) is 7.11 Å². The first kappa shape index (κ1) is 24.2. The molecule has 5 nitrogen and oxygen atoms in total. The number of hydrogen-bond acceptors (Lipinski definition) is 5. The fourth-order valence-corrected chi connectivity index (χ4v) is 4.00. The summed E-state index contributed by atoms with van der Waals surface area (Å²) in [6.45, 7) is 0.243. The molecule has 0 fully saturated rings. The summed E-state index contributed by atoms with van der Waals surface area (Å²) in [6, 6.07) is 12.4. The van der Waals surface area contributed by atoms with Crippen LogP contribution in [0.2, 0.25) is 10.0 Å². The third-order valence-corrected chi connectivity index (χ3v) is 6.11. The summed E-state index contributed by atoms with van der Waals surface area (Å²) in [7, 11) is 1.46. The van der Waals surface area contributed by atoms with E-state index >= 15 is 0 Å². The summed E-state index contributed by atoms with van der Waals surface area (Å²) < 4.78 is 44.2. The monoisotopic (exact) mass is 567 g/mol. The molecule has 3 aromatic carbocycles. The molecular weight excluding hydrogens is 555 g/mol. The molecule has 0 radical (unpaired) electrons. The molecule has 0 atom stereocenters. The number of benzene rings is 3. The number of esters is 1. The number of hydrogen-bond donors (Lipinski definition) is 0. The second-order valence-electron chi connectivity index (χ2n) is 7.00. The van der Waals surface area contributed by atoms with Gasteiger partial charge in [-0.25, -0.2) is 18.6 Å². The van der Waals surface area contributed by atoms with Gasteiger partial charge in [0, 0.05) is 10.0 Å². The van der Waals surface area contributed by atoms with Crippen molar-refractivity contribution in [3.05, 3.63) is 97.1 Å². The predicted molar refractivity (Wildman–Crippen MR) is 128 cm³/mol. The molecule has 0 aromatic heterocycles. The van der Waals surface area contributed by atoms with Gasteiger partial charge in [-0.1, -0.05) is 57.3 Å². The molecule has 0 bridgehead atoms. The molecule has 0 aliphatic carbocycles. The number of aliphatic imine (C=N–C) groups is 1. The Morgan fingerprint density at radius 1 is 1.09 bits per heavy atom. The lowest BCUT2D eigenvalue weighted by molar-refractivity contribution is -0.129. The Balaban J connectivity index is 1.63. The van der Waals surface area contributed by atoms with Gasteiger partial charge in [0.15, 0.2) is 28.8 Å². The van der Waals surface area contributed by atoms with Crippen molar-refractivity contribution in [1.29, 1.82) is 0 Å². The molecule has 174 valence electrons. The average molecular weight is 569 g/mol. The van der Waals surface area contributed by atoms with Crippen LogP contribution >= 0.6 is 39.1 Å². The van der Waals surface area contributed by atoms with E-state index in [0.29, 0.717) is 17.1 Å². The van der Waals surface area contributed by atoms with Crippen LogP contribution in [-0.4, -0.2) is 19.0 Å². The summed E-state index contributed by atoms with van der Waals surface area (Å²) in [4.78, 5) is 16.4. The first-order chi connectivity index (χ1) is 16.3. The van der Waals surface area contributed by atoms with Gasteiger partial charge >= 0.3 is 5.97 Å². The number of carbonyl (C=O) groups is 1. The van der Waals surface area contributed by atoms with E-state index in [4.69, 9.17) is 37.4 Å². The predicted octanol–water partition coefficient (Wildman–Crippen LogP) is 6.97. The molecule has 0 unspecified atom stereocenters. The molecule has 34 heavy (non-hydrogen) atoms. The van der Waals surface area contributed by atoms with Crippen LogP contribution in [0.5, 0.6) is 11.5 Å². The zero-order valence-corrected chi connectivity index (χ0v) is 20.5. The van der Waals surface area contributed by atoms with Gasteiger partial charge < -0.3 is 14.2 Å². The van der Waals surface area contributed by atoms with Crippen LogP contribution in [0, 0.1) is 11.6 Å². The Kier molecular flexibility index (Phi) is 7.21. The molecule has 1 aliphatic heterocycles. The van der Waals surface area contributed by atoms with Gasteiger partial charge in [0.25, 0.3) is 0 Å². The Morgan fingerprint density at radius 2 is 1.82 bits per heavy atom. The summed E-state index contributed by atoms with van der Waals surface area (Å²) in [5.41, 5.74) is 1.25. The minimum atomic E-state index is -1.15. The number of halogens is 5.